The summed E-state index contributed by atoms with van der Waals surface area (Å²) in [5, 5.41) is 1.88. The summed E-state index contributed by atoms with van der Waals surface area (Å²) in [5.74, 6) is 0. The Hall–Kier alpha value is -1.85. The Balaban J connectivity index is 1.78. The SMILES string of the molecule is O=c1c2cc(-c3ccccc3)sc2ncn1Cc1c(Cl)cc(Cl)cc1Cl. The Bertz CT molecular complexity index is 1150. The molecule has 0 bridgehead atoms. The van der Waals surface area contributed by atoms with Gasteiger partial charge in [-0.25, -0.2) is 4.98 Å². The van der Waals surface area contributed by atoms with Crippen LogP contribution < -0.4 is 5.56 Å². The van der Waals surface area contributed by atoms with E-state index in [-0.39, 0.29) is 12.1 Å². The molecule has 4 rings (SSSR count). The monoisotopic (exact) mass is 420 g/mol. The maximum Gasteiger partial charge on any atom is 0.262 e. The lowest BCUT2D eigenvalue weighted by Crippen LogP contribution is -2.20. The summed E-state index contributed by atoms with van der Waals surface area (Å²) in [5.41, 5.74) is 1.57. The van der Waals surface area contributed by atoms with E-state index in [1.54, 1.807) is 12.1 Å². The molecule has 2 aromatic heterocycles. The third-order valence-corrected chi connectivity index (χ3v) is 6.00. The Morgan fingerprint density at radius 2 is 1.69 bits per heavy atom. The van der Waals surface area contributed by atoms with E-state index in [1.807, 2.05) is 36.4 Å². The highest BCUT2D eigenvalue weighted by atomic mass is 35.5. The van der Waals surface area contributed by atoms with Gasteiger partial charge in [0.25, 0.3) is 5.56 Å². The number of thiophene rings is 1. The maximum absolute atomic E-state index is 12.9. The number of hydrogen-bond donors (Lipinski definition) is 0. The van der Waals surface area contributed by atoms with E-state index in [9.17, 15) is 4.79 Å². The highest BCUT2D eigenvalue weighted by Gasteiger charge is 2.13. The van der Waals surface area contributed by atoms with Crippen molar-refractivity contribution in [3.8, 4) is 10.4 Å². The topological polar surface area (TPSA) is 34.9 Å². The zero-order chi connectivity index (χ0) is 18.3. The molecular weight excluding hydrogens is 411 g/mol. The standard InChI is InChI=1S/C19H11Cl3N2OS/c20-12-6-15(21)14(16(22)7-12)9-24-10-23-18-13(19(24)25)8-17(26-18)11-4-2-1-3-5-11/h1-8,10H,9H2. The van der Waals surface area contributed by atoms with Crippen LogP contribution >= 0.6 is 46.1 Å². The summed E-state index contributed by atoms with van der Waals surface area (Å²) in [7, 11) is 0. The Morgan fingerprint density at radius 1 is 1.00 bits per heavy atom. The largest absolute Gasteiger partial charge is 0.294 e. The third kappa shape index (κ3) is 3.26. The van der Waals surface area contributed by atoms with E-state index in [4.69, 9.17) is 34.8 Å². The van der Waals surface area contributed by atoms with Crippen molar-refractivity contribution in [3.63, 3.8) is 0 Å². The molecule has 26 heavy (non-hydrogen) atoms. The first-order valence-electron chi connectivity index (χ1n) is 7.71. The van der Waals surface area contributed by atoms with Crippen molar-refractivity contribution in [2.45, 2.75) is 6.54 Å². The molecule has 0 N–H and O–H groups in total. The van der Waals surface area contributed by atoms with Crippen LogP contribution in [0.5, 0.6) is 0 Å². The molecule has 0 aliphatic rings. The van der Waals surface area contributed by atoms with Gasteiger partial charge >= 0.3 is 0 Å². The number of fused-ring (bicyclic) bond motifs is 1. The summed E-state index contributed by atoms with van der Waals surface area (Å²) >= 11 is 19.9. The minimum atomic E-state index is -0.129. The van der Waals surface area contributed by atoms with E-state index >= 15 is 0 Å². The van der Waals surface area contributed by atoms with Gasteiger partial charge in [0.1, 0.15) is 4.83 Å². The smallest absolute Gasteiger partial charge is 0.262 e. The predicted molar refractivity (Wildman–Crippen MR) is 110 cm³/mol. The Kier molecular flexibility index (Phi) is 4.76. The number of hydrogen-bond acceptors (Lipinski definition) is 3. The minimum absolute atomic E-state index is 0.129. The van der Waals surface area contributed by atoms with Crippen LogP contribution in [0.4, 0.5) is 0 Å². The van der Waals surface area contributed by atoms with Crippen LogP contribution in [0.25, 0.3) is 20.7 Å². The average molecular weight is 422 g/mol. The second kappa shape index (κ2) is 7.05. The van der Waals surface area contributed by atoms with E-state index in [2.05, 4.69) is 4.98 Å². The average Bonchev–Trinajstić information content (AvgIpc) is 3.06. The lowest BCUT2D eigenvalue weighted by Gasteiger charge is -2.09. The summed E-state index contributed by atoms with van der Waals surface area (Å²) in [6.45, 7) is 0.229. The molecule has 4 aromatic rings. The van der Waals surface area contributed by atoms with Crippen LogP contribution in [0.3, 0.4) is 0 Å². The van der Waals surface area contributed by atoms with Crippen LogP contribution in [0.15, 0.2) is 59.7 Å². The van der Waals surface area contributed by atoms with Crippen LogP contribution in [0, 0.1) is 0 Å². The zero-order valence-electron chi connectivity index (χ0n) is 13.2. The van der Waals surface area contributed by atoms with E-state index in [0.29, 0.717) is 30.8 Å². The first kappa shape index (κ1) is 17.6. The van der Waals surface area contributed by atoms with E-state index in [0.717, 1.165) is 10.4 Å². The van der Waals surface area contributed by atoms with Crippen molar-refractivity contribution in [2.75, 3.05) is 0 Å². The number of halogens is 3. The van der Waals surface area contributed by atoms with Gasteiger partial charge in [-0.1, -0.05) is 65.1 Å². The fraction of sp³-hybridized carbons (Fsp3) is 0.0526. The van der Waals surface area contributed by atoms with Crippen LogP contribution in [-0.4, -0.2) is 9.55 Å². The van der Waals surface area contributed by atoms with E-state index < -0.39 is 0 Å². The highest BCUT2D eigenvalue weighted by molar-refractivity contribution is 7.21. The van der Waals surface area contributed by atoms with Crippen LogP contribution in [0.2, 0.25) is 15.1 Å². The van der Waals surface area contributed by atoms with Gasteiger partial charge in [0, 0.05) is 25.5 Å². The summed E-state index contributed by atoms with van der Waals surface area (Å²) < 4.78 is 1.50. The zero-order valence-corrected chi connectivity index (χ0v) is 16.3. The molecule has 0 radical (unpaired) electrons. The predicted octanol–water partition coefficient (Wildman–Crippen LogP) is 6.13. The number of benzene rings is 2. The maximum atomic E-state index is 12.9. The van der Waals surface area contributed by atoms with Crippen molar-refractivity contribution in [2.24, 2.45) is 0 Å². The van der Waals surface area contributed by atoms with Crippen molar-refractivity contribution in [1.29, 1.82) is 0 Å². The second-order valence-electron chi connectivity index (χ2n) is 5.72. The number of nitrogens with zero attached hydrogens (tertiary/aromatic N) is 2. The number of aromatic nitrogens is 2. The molecule has 3 nitrogen and oxygen atoms in total. The van der Waals surface area contributed by atoms with Gasteiger partial charge in [-0.05, 0) is 23.8 Å². The van der Waals surface area contributed by atoms with Gasteiger partial charge in [-0.15, -0.1) is 11.3 Å². The Labute approximate surface area is 168 Å². The molecule has 0 amide bonds. The van der Waals surface area contributed by atoms with Crippen molar-refractivity contribution in [1.82, 2.24) is 9.55 Å². The number of rotatable bonds is 3. The normalized spacial score (nSPS) is 11.2. The molecule has 0 atom stereocenters. The van der Waals surface area contributed by atoms with Crippen LogP contribution in [-0.2, 0) is 6.54 Å². The van der Waals surface area contributed by atoms with E-state index in [1.165, 1.54) is 22.2 Å². The molecule has 130 valence electrons. The van der Waals surface area contributed by atoms with Crippen molar-refractivity contribution >= 4 is 56.4 Å². The molecular formula is C19H11Cl3N2OS. The molecule has 0 unspecified atom stereocenters. The van der Waals surface area contributed by atoms with Crippen LogP contribution in [0.1, 0.15) is 5.56 Å². The molecule has 2 aromatic carbocycles. The Morgan fingerprint density at radius 3 is 2.38 bits per heavy atom. The molecule has 2 heterocycles. The van der Waals surface area contributed by atoms with Crippen molar-refractivity contribution in [3.05, 3.63) is 85.8 Å². The fourth-order valence-corrected chi connectivity index (χ4v) is 4.64. The van der Waals surface area contributed by atoms with Gasteiger partial charge in [-0.3, -0.25) is 9.36 Å². The molecule has 0 aliphatic heterocycles. The van der Waals surface area contributed by atoms with Gasteiger partial charge in [-0.2, -0.15) is 0 Å². The van der Waals surface area contributed by atoms with Gasteiger partial charge in [0.05, 0.1) is 18.3 Å². The highest BCUT2D eigenvalue weighted by Crippen LogP contribution is 2.32. The lowest BCUT2D eigenvalue weighted by molar-refractivity contribution is 0.750. The minimum Gasteiger partial charge on any atom is -0.294 e. The van der Waals surface area contributed by atoms with Gasteiger partial charge in [0.2, 0.25) is 0 Å². The van der Waals surface area contributed by atoms with Gasteiger partial charge in [0.15, 0.2) is 0 Å². The lowest BCUT2D eigenvalue weighted by atomic mass is 10.2. The quantitative estimate of drug-likeness (QED) is 0.398. The molecule has 0 spiro atoms. The molecule has 0 aliphatic carbocycles. The second-order valence-corrected chi connectivity index (χ2v) is 8.00. The first-order chi connectivity index (χ1) is 12.5. The molecule has 0 fully saturated rings. The first-order valence-corrected chi connectivity index (χ1v) is 9.66. The molecule has 0 saturated carbocycles. The van der Waals surface area contributed by atoms with Gasteiger partial charge < -0.3 is 0 Å². The summed E-state index contributed by atoms with van der Waals surface area (Å²) in [6.07, 6.45) is 1.53. The summed E-state index contributed by atoms with van der Waals surface area (Å²) in [6, 6.07) is 15.0. The van der Waals surface area contributed by atoms with Crippen molar-refractivity contribution < 1.29 is 0 Å². The summed E-state index contributed by atoms with van der Waals surface area (Å²) in [4.78, 5) is 19.0. The molecule has 0 saturated heterocycles. The molecule has 7 heteroatoms. The fourth-order valence-electron chi connectivity index (χ4n) is 2.71. The third-order valence-electron chi connectivity index (χ3n) is 4.01.